The van der Waals surface area contributed by atoms with Crippen molar-refractivity contribution in [3.05, 3.63) is 24.1 Å². The van der Waals surface area contributed by atoms with E-state index in [9.17, 15) is 17.2 Å². The van der Waals surface area contributed by atoms with E-state index in [1.807, 2.05) is 0 Å². The monoisotopic (exact) mass is 360 g/mol. The Morgan fingerprint density at radius 1 is 1.42 bits per heavy atom. The SMILES string of the molecule is CN1CC[C@@H](c2nc(-c3cccc(OCC(F)F)n3)no2)S1(=O)=O. The number of halogens is 2. The molecular formula is C13H14F2N4O4S. The number of pyridine rings is 1. The predicted octanol–water partition coefficient (Wildman–Crippen LogP) is 1.48. The smallest absolute Gasteiger partial charge is 0.272 e. The number of sulfonamides is 1. The van der Waals surface area contributed by atoms with Crippen molar-refractivity contribution in [1.82, 2.24) is 19.4 Å². The van der Waals surface area contributed by atoms with Gasteiger partial charge in [-0.15, -0.1) is 0 Å². The molecule has 2 aromatic rings. The average molecular weight is 360 g/mol. The summed E-state index contributed by atoms with van der Waals surface area (Å²) >= 11 is 0. The van der Waals surface area contributed by atoms with Gasteiger partial charge in [-0.2, -0.15) is 4.98 Å². The fourth-order valence-corrected chi connectivity index (χ4v) is 3.83. The second kappa shape index (κ2) is 6.40. The van der Waals surface area contributed by atoms with Crippen molar-refractivity contribution in [3.63, 3.8) is 0 Å². The highest BCUT2D eigenvalue weighted by Crippen LogP contribution is 2.34. The second-order valence-corrected chi connectivity index (χ2v) is 7.39. The quantitative estimate of drug-likeness (QED) is 0.796. The lowest BCUT2D eigenvalue weighted by atomic mass is 10.3. The molecule has 1 fully saturated rings. The van der Waals surface area contributed by atoms with E-state index >= 15 is 0 Å². The van der Waals surface area contributed by atoms with Gasteiger partial charge in [-0.05, 0) is 12.5 Å². The molecule has 0 aromatic carbocycles. The van der Waals surface area contributed by atoms with Crippen LogP contribution >= 0.6 is 0 Å². The molecule has 11 heteroatoms. The first-order chi connectivity index (χ1) is 11.4. The van der Waals surface area contributed by atoms with Gasteiger partial charge in [-0.25, -0.2) is 26.5 Å². The number of hydrogen-bond donors (Lipinski definition) is 0. The summed E-state index contributed by atoms with van der Waals surface area (Å²) in [5, 5.41) is 2.84. The van der Waals surface area contributed by atoms with Gasteiger partial charge in [0.15, 0.2) is 11.9 Å². The minimum atomic E-state index is -3.51. The minimum Gasteiger partial charge on any atom is -0.472 e. The first-order valence-electron chi connectivity index (χ1n) is 7.05. The summed E-state index contributed by atoms with van der Waals surface area (Å²) in [6, 6.07) is 4.50. The van der Waals surface area contributed by atoms with Crippen molar-refractivity contribution in [3.8, 4) is 17.4 Å². The fraction of sp³-hybridized carbons (Fsp3) is 0.462. The predicted molar refractivity (Wildman–Crippen MR) is 77.9 cm³/mol. The number of nitrogens with zero attached hydrogens (tertiary/aromatic N) is 4. The summed E-state index contributed by atoms with van der Waals surface area (Å²) in [6.45, 7) is -0.402. The third-order valence-corrected chi connectivity index (χ3v) is 5.74. The Hall–Kier alpha value is -2.14. The van der Waals surface area contributed by atoms with Crippen molar-refractivity contribution in [2.75, 3.05) is 20.2 Å². The Morgan fingerprint density at radius 2 is 2.21 bits per heavy atom. The van der Waals surface area contributed by atoms with Crippen LogP contribution < -0.4 is 4.74 Å². The van der Waals surface area contributed by atoms with Gasteiger partial charge in [0, 0.05) is 19.7 Å². The molecule has 8 nitrogen and oxygen atoms in total. The Balaban J connectivity index is 1.82. The highest BCUT2D eigenvalue weighted by atomic mass is 32.2. The van der Waals surface area contributed by atoms with E-state index in [-0.39, 0.29) is 23.3 Å². The molecule has 1 aliphatic rings. The van der Waals surface area contributed by atoms with Crippen LogP contribution in [0, 0.1) is 0 Å². The van der Waals surface area contributed by atoms with Crippen LogP contribution in [0.3, 0.4) is 0 Å². The zero-order valence-electron chi connectivity index (χ0n) is 12.6. The lowest BCUT2D eigenvalue weighted by molar-refractivity contribution is 0.0796. The molecule has 24 heavy (non-hydrogen) atoms. The molecule has 0 radical (unpaired) electrons. The molecule has 0 amide bonds. The highest BCUT2D eigenvalue weighted by Gasteiger charge is 2.41. The maximum atomic E-state index is 12.2. The van der Waals surface area contributed by atoms with Crippen LogP contribution in [0.15, 0.2) is 22.7 Å². The lowest BCUT2D eigenvalue weighted by Crippen LogP contribution is -2.22. The van der Waals surface area contributed by atoms with Crippen molar-refractivity contribution < 1.29 is 26.5 Å². The summed E-state index contributed by atoms with van der Waals surface area (Å²) in [5.74, 6) is 0.0414. The summed E-state index contributed by atoms with van der Waals surface area (Å²) in [4.78, 5) is 8.08. The normalized spacial score (nSPS) is 20.6. The van der Waals surface area contributed by atoms with E-state index in [2.05, 4.69) is 15.1 Å². The van der Waals surface area contributed by atoms with Gasteiger partial charge in [0.05, 0.1) is 0 Å². The number of rotatable bonds is 5. The molecule has 1 saturated heterocycles. The molecule has 0 aliphatic carbocycles. The molecular weight excluding hydrogens is 346 g/mol. The Labute approximate surface area is 136 Å². The van der Waals surface area contributed by atoms with Gasteiger partial charge in [0.25, 0.3) is 6.43 Å². The maximum absolute atomic E-state index is 12.2. The molecule has 130 valence electrons. The zero-order chi connectivity index (χ0) is 17.3. The van der Waals surface area contributed by atoms with Crippen LogP contribution in [0.5, 0.6) is 5.88 Å². The summed E-state index contributed by atoms with van der Waals surface area (Å²) in [7, 11) is -2.02. The molecule has 0 bridgehead atoms. The Morgan fingerprint density at radius 3 is 2.88 bits per heavy atom. The first kappa shape index (κ1) is 16.7. The van der Waals surface area contributed by atoms with Crippen LogP contribution in [-0.4, -0.2) is 54.5 Å². The van der Waals surface area contributed by atoms with Crippen LogP contribution in [0.2, 0.25) is 0 Å². The third kappa shape index (κ3) is 3.22. The average Bonchev–Trinajstić information content (AvgIpc) is 3.11. The topological polar surface area (TPSA) is 98.4 Å². The molecule has 0 spiro atoms. The molecule has 1 aliphatic heterocycles. The molecule has 1 atom stereocenters. The second-order valence-electron chi connectivity index (χ2n) is 5.16. The molecule has 0 N–H and O–H groups in total. The van der Waals surface area contributed by atoms with Crippen molar-refractivity contribution in [2.45, 2.75) is 18.1 Å². The van der Waals surface area contributed by atoms with Gasteiger partial charge in [0.2, 0.25) is 27.6 Å². The van der Waals surface area contributed by atoms with Crippen LogP contribution in [0.1, 0.15) is 17.6 Å². The van der Waals surface area contributed by atoms with Crippen molar-refractivity contribution in [2.24, 2.45) is 0 Å². The molecule has 0 unspecified atom stereocenters. The van der Waals surface area contributed by atoms with Crippen LogP contribution in [0.4, 0.5) is 8.78 Å². The number of alkyl halides is 2. The lowest BCUT2D eigenvalue weighted by Gasteiger charge is -2.08. The Bertz CT molecular complexity index is 827. The molecule has 0 saturated carbocycles. The standard InChI is InChI=1S/C13H14F2N4O4S/c1-19-6-5-9(24(19,20)21)13-17-12(18-23-13)8-3-2-4-11(16-8)22-7-10(14)15/h2-4,9-10H,5-7H2,1H3/t9-/m0/s1. The Kier molecular flexibility index (Phi) is 4.45. The van der Waals surface area contributed by atoms with Gasteiger partial charge in [-0.3, -0.25) is 0 Å². The van der Waals surface area contributed by atoms with E-state index < -0.39 is 28.3 Å². The van der Waals surface area contributed by atoms with Crippen molar-refractivity contribution >= 4 is 10.0 Å². The largest absolute Gasteiger partial charge is 0.472 e. The van der Waals surface area contributed by atoms with Crippen LogP contribution in [0.25, 0.3) is 11.5 Å². The molecule has 3 rings (SSSR count). The van der Waals surface area contributed by atoms with Crippen molar-refractivity contribution in [1.29, 1.82) is 0 Å². The number of aromatic nitrogens is 3. The summed E-state index contributed by atoms with van der Waals surface area (Å²) in [6.07, 6.45) is -2.26. The van der Waals surface area contributed by atoms with Gasteiger partial charge in [0.1, 0.15) is 5.69 Å². The van der Waals surface area contributed by atoms with Gasteiger partial charge in [-0.1, -0.05) is 11.2 Å². The first-order valence-corrected chi connectivity index (χ1v) is 8.55. The van der Waals surface area contributed by atoms with Crippen LogP contribution in [-0.2, 0) is 10.0 Å². The van der Waals surface area contributed by atoms with E-state index in [0.717, 1.165) is 0 Å². The van der Waals surface area contributed by atoms with E-state index in [1.165, 1.54) is 17.4 Å². The van der Waals surface area contributed by atoms with E-state index in [4.69, 9.17) is 9.26 Å². The zero-order valence-corrected chi connectivity index (χ0v) is 13.4. The maximum Gasteiger partial charge on any atom is 0.272 e. The minimum absolute atomic E-state index is 0.00706. The van der Waals surface area contributed by atoms with Gasteiger partial charge >= 0.3 is 0 Å². The number of hydrogen-bond acceptors (Lipinski definition) is 7. The third-order valence-electron chi connectivity index (χ3n) is 3.53. The highest BCUT2D eigenvalue weighted by molar-refractivity contribution is 7.89. The number of ether oxygens (including phenoxy) is 1. The summed E-state index contributed by atoms with van der Waals surface area (Å²) < 4.78 is 59.7. The molecule has 3 heterocycles. The van der Waals surface area contributed by atoms with E-state index in [1.54, 1.807) is 12.1 Å². The fourth-order valence-electron chi connectivity index (χ4n) is 2.28. The summed E-state index contributed by atoms with van der Waals surface area (Å²) in [5.41, 5.74) is 0.237. The van der Waals surface area contributed by atoms with Gasteiger partial charge < -0.3 is 9.26 Å². The van der Waals surface area contributed by atoms with E-state index in [0.29, 0.717) is 13.0 Å². The molecule has 2 aromatic heterocycles.